The van der Waals surface area contributed by atoms with Crippen LogP contribution < -0.4 is 14.4 Å². The number of imide groups is 1. The summed E-state index contributed by atoms with van der Waals surface area (Å²) in [6.45, 7) is 5.17. The van der Waals surface area contributed by atoms with Gasteiger partial charge < -0.3 is 14.4 Å². The molecule has 1 fully saturated rings. The number of nitriles is 1. The average molecular weight is 613 g/mol. The van der Waals surface area contributed by atoms with E-state index in [1.165, 1.54) is 26.2 Å². The van der Waals surface area contributed by atoms with Crippen LogP contribution in [0.3, 0.4) is 0 Å². The fourth-order valence-electron chi connectivity index (χ4n) is 5.53. The van der Waals surface area contributed by atoms with Crippen molar-refractivity contribution >= 4 is 23.4 Å². The van der Waals surface area contributed by atoms with Crippen LogP contribution in [0.2, 0.25) is 0 Å². The first-order valence-corrected chi connectivity index (χ1v) is 14.4. The second-order valence-electron chi connectivity index (χ2n) is 10.8. The third kappa shape index (κ3) is 7.05. The van der Waals surface area contributed by atoms with Crippen molar-refractivity contribution in [3.05, 3.63) is 64.2 Å². The lowest BCUT2D eigenvalue weighted by Crippen LogP contribution is -2.48. The van der Waals surface area contributed by atoms with Crippen LogP contribution in [0.5, 0.6) is 11.5 Å². The molecule has 0 spiro atoms. The van der Waals surface area contributed by atoms with Gasteiger partial charge in [-0.05, 0) is 69.1 Å². The van der Waals surface area contributed by atoms with Gasteiger partial charge in [-0.2, -0.15) is 18.4 Å². The largest absolute Gasteiger partial charge is 0.493 e. The highest BCUT2D eigenvalue weighted by Crippen LogP contribution is 2.37. The topological polar surface area (TPSA) is 103 Å². The number of rotatable bonds is 11. The predicted molar refractivity (Wildman–Crippen MR) is 156 cm³/mol. The zero-order valence-corrected chi connectivity index (χ0v) is 25.0. The summed E-state index contributed by atoms with van der Waals surface area (Å²) in [7, 11) is 3.08. The molecule has 9 nitrogen and oxygen atoms in total. The number of unbranched alkanes of at least 4 members (excludes halogenated alkanes) is 3. The molecule has 0 radical (unpaired) electrons. The molecule has 0 atom stereocenters. The Balaban J connectivity index is 1.20. The van der Waals surface area contributed by atoms with E-state index < -0.39 is 29.1 Å². The molecule has 234 valence electrons. The Morgan fingerprint density at radius 1 is 0.909 bits per heavy atom. The van der Waals surface area contributed by atoms with Crippen LogP contribution in [0.1, 0.15) is 60.5 Å². The summed E-state index contributed by atoms with van der Waals surface area (Å²) in [6, 6.07) is 9.48. The molecule has 0 aliphatic carbocycles. The van der Waals surface area contributed by atoms with Gasteiger partial charge in [-0.1, -0.05) is 12.8 Å². The molecule has 0 unspecified atom stereocenters. The number of benzene rings is 2. The van der Waals surface area contributed by atoms with Gasteiger partial charge in [-0.25, -0.2) is 4.90 Å². The maximum atomic E-state index is 13.4. The molecule has 0 saturated carbocycles. The number of hydrogen-bond acceptors (Lipinski definition) is 7. The van der Waals surface area contributed by atoms with Gasteiger partial charge in [0.15, 0.2) is 11.5 Å². The number of hydrogen-bond donors (Lipinski definition) is 0. The number of carbonyl (C=O) groups excluding carboxylic acids is 3. The van der Waals surface area contributed by atoms with Gasteiger partial charge in [0.1, 0.15) is 0 Å². The van der Waals surface area contributed by atoms with Crippen LogP contribution >= 0.6 is 0 Å². The van der Waals surface area contributed by atoms with Crippen molar-refractivity contribution in [2.24, 2.45) is 0 Å². The normalized spacial score (nSPS) is 16.0. The first-order chi connectivity index (χ1) is 21.0. The highest BCUT2D eigenvalue weighted by atomic mass is 19.4. The van der Waals surface area contributed by atoms with Crippen molar-refractivity contribution in [3.8, 4) is 17.6 Å². The van der Waals surface area contributed by atoms with E-state index in [2.05, 4.69) is 4.90 Å². The summed E-state index contributed by atoms with van der Waals surface area (Å²) in [4.78, 5) is 43.7. The molecular weight excluding hydrogens is 577 g/mol. The second kappa shape index (κ2) is 13.9. The Labute approximate surface area is 254 Å². The van der Waals surface area contributed by atoms with E-state index in [1.54, 1.807) is 25.3 Å². The minimum atomic E-state index is -4.80. The van der Waals surface area contributed by atoms with E-state index in [1.807, 2.05) is 4.90 Å². The summed E-state index contributed by atoms with van der Waals surface area (Å²) >= 11 is 0. The summed E-state index contributed by atoms with van der Waals surface area (Å²) in [5, 5.41) is 9.03. The number of ether oxygens (including phenoxy) is 2. The zero-order chi connectivity index (χ0) is 32.0. The number of halogens is 3. The van der Waals surface area contributed by atoms with E-state index >= 15 is 0 Å². The molecule has 3 amide bonds. The molecule has 0 aromatic heterocycles. The van der Waals surface area contributed by atoms with E-state index in [-0.39, 0.29) is 17.2 Å². The Kier molecular flexibility index (Phi) is 10.3. The van der Waals surface area contributed by atoms with Crippen LogP contribution in [0, 0.1) is 11.3 Å². The minimum Gasteiger partial charge on any atom is -0.493 e. The molecule has 4 rings (SSSR count). The van der Waals surface area contributed by atoms with E-state index in [4.69, 9.17) is 14.7 Å². The molecule has 2 aromatic rings. The molecular formula is C32H35F3N4O5. The number of amides is 3. The monoisotopic (exact) mass is 612 g/mol. The van der Waals surface area contributed by atoms with Gasteiger partial charge in [0.25, 0.3) is 17.7 Å². The summed E-state index contributed by atoms with van der Waals surface area (Å²) < 4.78 is 50.8. The third-order valence-electron chi connectivity index (χ3n) is 8.07. The second-order valence-corrected chi connectivity index (χ2v) is 10.8. The first kappa shape index (κ1) is 32.5. The van der Waals surface area contributed by atoms with E-state index in [9.17, 15) is 27.6 Å². The highest BCUT2D eigenvalue weighted by Gasteiger charge is 2.39. The lowest BCUT2D eigenvalue weighted by Gasteiger charge is -2.34. The Morgan fingerprint density at radius 3 is 2.23 bits per heavy atom. The summed E-state index contributed by atoms with van der Waals surface area (Å²) in [5.41, 5.74) is -0.872. The lowest BCUT2D eigenvalue weighted by atomic mass is 10.0. The number of piperazine rings is 1. The summed E-state index contributed by atoms with van der Waals surface area (Å²) in [6.07, 6.45) is -1.11. The maximum Gasteiger partial charge on any atom is 0.417 e. The molecule has 2 heterocycles. The van der Waals surface area contributed by atoms with Crippen LogP contribution in [-0.4, -0.2) is 74.5 Å². The molecule has 1 saturated heterocycles. The number of alkyl halides is 3. The molecule has 2 aromatic carbocycles. The van der Waals surface area contributed by atoms with Gasteiger partial charge in [-0.15, -0.1) is 0 Å². The number of anilines is 1. The van der Waals surface area contributed by atoms with Crippen molar-refractivity contribution in [2.45, 2.75) is 45.2 Å². The van der Waals surface area contributed by atoms with Gasteiger partial charge in [0.2, 0.25) is 0 Å². The highest BCUT2D eigenvalue weighted by molar-refractivity contribution is 6.32. The van der Waals surface area contributed by atoms with Crippen molar-refractivity contribution in [1.82, 2.24) is 9.80 Å². The lowest BCUT2D eigenvalue weighted by molar-refractivity contribution is -0.138. The van der Waals surface area contributed by atoms with Crippen LogP contribution in [0.4, 0.5) is 18.9 Å². The molecule has 44 heavy (non-hydrogen) atoms. The Bertz CT molecular complexity index is 1490. The van der Waals surface area contributed by atoms with E-state index in [0.29, 0.717) is 54.6 Å². The van der Waals surface area contributed by atoms with Crippen LogP contribution in [0.25, 0.3) is 0 Å². The predicted octanol–water partition coefficient (Wildman–Crippen LogP) is 5.19. The van der Waals surface area contributed by atoms with Gasteiger partial charge in [0, 0.05) is 42.9 Å². The smallest absolute Gasteiger partial charge is 0.417 e. The third-order valence-corrected chi connectivity index (χ3v) is 8.07. The maximum absolute atomic E-state index is 13.4. The Hall–Kier alpha value is -4.37. The standard InChI is InChI=1S/C32H35F3N4O5/c1-21-25(31(42)39(29(21)40)24-11-9-23(20-36)26(19-24)32(33,34)35)8-6-4-5-7-13-37-14-16-38(17-15-37)30(41)22-10-12-27(43-2)28(18-22)44-3/h9-12,18-19H,4-8,13-17H2,1-3H3. The minimum absolute atomic E-state index is 0.0475. The van der Waals surface area contributed by atoms with Gasteiger partial charge >= 0.3 is 6.18 Å². The van der Waals surface area contributed by atoms with E-state index in [0.717, 1.165) is 49.9 Å². The van der Waals surface area contributed by atoms with Gasteiger partial charge in [-0.3, -0.25) is 19.3 Å². The Morgan fingerprint density at radius 2 is 1.59 bits per heavy atom. The zero-order valence-electron chi connectivity index (χ0n) is 25.0. The molecule has 2 aliphatic heterocycles. The molecule has 0 bridgehead atoms. The average Bonchev–Trinajstić information content (AvgIpc) is 3.24. The summed E-state index contributed by atoms with van der Waals surface area (Å²) in [5.74, 6) is -0.237. The van der Waals surface area contributed by atoms with Crippen LogP contribution in [0.15, 0.2) is 47.5 Å². The number of methoxy groups -OCH3 is 2. The number of nitrogens with zero attached hydrogens (tertiary/aromatic N) is 4. The van der Waals surface area contributed by atoms with Gasteiger partial charge in [0.05, 0.1) is 37.1 Å². The van der Waals surface area contributed by atoms with Crippen molar-refractivity contribution in [2.75, 3.05) is 51.8 Å². The van der Waals surface area contributed by atoms with Crippen molar-refractivity contribution in [3.63, 3.8) is 0 Å². The fraction of sp³-hybridized carbons (Fsp3) is 0.438. The first-order valence-electron chi connectivity index (χ1n) is 14.4. The molecule has 2 aliphatic rings. The molecule has 0 N–H and O–H groups in total. The quantitative estimate of drug-likeness (QED) is 0.254. The van der Waals surface area contributed by atoms with Crippen molar-refractivity contribution in [1.29, 1.82) is 5.26 Å². The molecule has 12 heteroatoms. The van der Waals surface area contributed by atoms with Crippen LogP contribution in [-0.2, 0) is 15.8 Å². The van der Waals surface area contributed by atoms with Crippen molar-refractivity contribution < 1.29 is 37.0 Å². The fourth-order valence-corrected chi connectivity index (χ4v) is 5.53. The number of carbonyl (C=O) groups is 3. The SMILES string of the molecule is COc1ccc(C(=O)N2CCN(CCCCCCC3=C(C)C(=O)N(c4ccc(C#N)c(C(F)(F)F)c4)C3=O)CC2)cc1OC.